The Labute approximate surface area is 203 Å². The van der Waals surface area contributed by atoms with Crippen molar-refractivity contribution in [1.29, 1.82) is 0 Å². The van der Waals surface area contributed by atoms with Gasteiger partial charge in [-0.15, -0.1) is 11.6 Å². The molecule has 6 nitrogen and oxygen atoms in total. The van der Waals surface area contributed by atoms with Crippen molar-refractivity contribution in [2.45, 2.75) is 25.4 Å². The number of Topliss-reactive ketones (excluding diaryl/α,β-unsaturated/α-hetero) is 1. The first kappa shape index (κ1) is 26.7. The lowest BCUT2D eigenvalue weighted by Crippen LogP contribution is -2.21. The summed E-state index contributed by atoms with van der Waals surface area (Å²) in [7, 11) is -3.38. The second-order valence-electron chi connectivity index (χ2n) is 7.93. The van der Waals surface area contributed by atoms with Crippen LogP contribution >= 0.6 is 34.8 Å². The number of rotatable bonds is 11. The molecule has 2 rings (SSSR count). The normalized spacial score (nSPS) is 13.0. The Bertz CT molecular complexity index is 1030. The topological polar surface area (TPSA) is 89.9 Å². The molecule has 1 N–H and O–H groups in total. The summed E-state index contributed by atoms with van der Waals surface area (Å²) in [5.41, 5.74) is 1.30. The molecule has 0 aliphatic carbocycles. The van der Waals surface area contributed by atoms with E-state index < -0.39 is 32.9 Å². The monoisotopic (exact) mass is 522 g/mol. The summed E-state index contributed by atoms with van der Waals surface area (Å²) in [6.07, 6.45) is 0.171. The van der Waals surface area contributed by atoms with Crippen LogP contribution in [-0.2, 0) is 20.0 Å². The Kier molecular flexibility index (Phi) is 9.25. The molecule has 0 amide bonds. The van der Waals surface area contributed by atoms with Crippen LogP contribution in [0.4, 0.5) is 0 Å². The molecule has 1 atom stereocenters. The van der Waals surface area contributed by atoms with Gasteiger partial charge >= 0.3 is 0 Å². The summed E-state index contributed by atoms with van der Waals surface area (Å²) in [6, 6.07) is 10.6. The van der Waals surface area contributed by atoms with Crippen LogP contribution in [0.3, 0.4) is 0 Å². The summed E-state index contributed by atoms with van der Waals surface area (Å²) < 4.78 is 33.2. The highest BCUT2D eigenvalue weighted by atomic mass is 35.5. The van der Waals surface area contributed by atoms with Crippen molar-refractivity contribution in [1.82, 2.24) is 0 Å². The zero-order valence-corrected chi connectivity index (χ0v) is 21.0. The standard InChI is InChI=1S/C22H25Cl3O6S/c1-22(2,15-8-19(24)21(20(25)9-15)31-11-16(26)10-23)14-4-6-18(7-5-14)30-12-17(27)13-32(3,28)29/h4-9,16,26H,10-13H2,1-3H3/t16-/m0/s1. The van der Waals surface area contributed by atoms with E-state index in [1.165, 1.54) is 0 Å². The predicted octanol–water partition coefficient (Wildman–Crippen LogP) is 4.29. The molecule has 0 heterocycles. The molecule has 2 aromatic carbocycles. The minimum atomic E-state index is -3.38. The molecule has 176 valence electrons. The maximum atomic E-state index is 11.7. The van der Waals surface area contributed by atoms with Crippen molar-refractivity contribution < 1.29 is 27.8 Å². The lowest BCUT2D eigenvalue weighted by Gasteiger charge is -2.27. The third-order valence-corrected chi connectivity index (χ3v) is 6.48. The first-order chi connectivity index (χ1) is 14.8. The van der Waals surface area contributed by atoms with Gasteiger partial charge in [0, 0.05) is 11.7 Å². The maximum Gasteiger partial charge on any atom is 0.185 e. The number of carbonyl (C=O) groups excluding carboxylic acids is 1. The first-order valence-corrected chi connectivity index (χ1v) is 13.0. The second kappa shape index (κ2) is 11.1. The van der Waals surface area contributed by atoms with E-state index in [1.54, 1.807) is 24.3 Å². The summed E-state index contributed by atoms with van der Waals surface area (Å²) in [6.45, 7) is 3.65. The van der Waals surface area contributed by atoms with Crippen LogP contribution in [0.2, 0.25) is 10.0 Å². The molecular formula is C22H25Cl3O6S. The lowest BCUT2D eigenvalue weighted by molar-refractivity contribution is -0.118. The first-order valence-electron chi connectivity index (χ1n) is 9.62. The van der Waals surface area contributed by atoms with E-state index in [4.69, 9.17) is 44.3 Å². The van der Waals surface area contributed by atoms with Crippen LogP contribution in [-0.4, -0.2) is 56.5 Å². The maximum absolute atomic E-state index is 11.7. The fourth-order valence-corrected chi connectivity index (χ4v) is 4.27. The summed E-state index contributed by atoms with van der Waals surface area (Å²) in [4.78, 5) is 11.7. The minimum absolute atomic E-state index is 0.0279. The molecule has 0 aliphatic rings. The summed E-state index contributed by atoms with van der Waals surface area (Å²) in [5.74, 6) is -0.304. The quantitative estimate of drug-likeness (QED) is 0.442. The van der Waals surface area contributed by atoms with Crippen LogP contribution in [0.15, 0.2) is 36.4 Å². The Morgan fingerprint density at radius 2 is 1.62 bits per heavy atom. The smallest absolute Gasteiger partial charge is 0.185 e. The number of hydrogen-bond donors (Lipinski definition) is 1. The van der Waals surface area contributed by atoms with E-state index in [-0.39, 0.29) is 24.8 Å². The highest BCUT2D eigenvalue weighted by molar-refractivity contribution is 7.91. The van der Waals surface area contributed by atoms with Gasteiger partial charge in [-0.05, 0) is 35.4 Å². The van der Waals surface area contributed by atoms with Crippen molar-refractivity contribution in [3.63, 3.8) is 0 Å². The zero-order chi connectivity index (χ0) is 24.1. The minimum Gasteiger partial charge on any atom is -0.488 e. The second-order valence-corrected chi connectivity index (χ2v) is 11.2. The van der Waals surface area contributed by atoms with Gasteiger partial charge < -0.3 is 14.6 Å². The molecule has 10 heteroatoms. The number of ketones is 1. The van der Waals surface area contributed by atoms with Gasteiger partial charge in [0.15, 0.2) is 21.4 Å². The number of halogens is 3. The fourth-order valence-electron chi connectivity index (χ4n) is 2.92. The molecule has 0 saturated heterocycles. The number of carbonyl (C=O) groups is 1. The van der Waals surface area contributed by atoms with Gasteiger partial charge in [-0.2, -0.15) is 0 Å². The van der Waals surface area contributed by atoms with Gasteiger partial charge in [-0.1, -0.05) is 49.2 Å². The van der Waals surface area contributed by atoms with Crippen LogP contribution in [0.1, 0.15) is 25.0 Å². The van der Waals surface area contributed by atoms with Gasteiger partial charge in [0.2, 0.25) is 0 Å². The number of aliphatic hydroxyl groups excluding tert-OH is 1. The molecular weight excluding hydrogens is 499 g/mol. The van der Waals surface area contributed by atoms with E-state index in [0.29, 0.717) is 15.8 Å². The van der Waals surface area contributed by atoms with Crippen molar-refractivity contribution in [3.8, 4) is 11.5 Å². The van der Waals surface area contributed by atoms with Crippen LogP contribution < -0.4 is 9.47 Å². The van der Waals surface area contributed by atoms with Crippen LogP contribution in [0.5, 0.6) is 11.5 Å². The summed E-state index contributed by atoms with van der Waals surface area (Å²) >= 11 is 18.3. The van der Waals surface area contributed by atoms with E-state index >= 15 is 0 Å². The summed E-state index contributed by atoms with van der Waals surface area (Å²) in [5, 5.41) is 10.2. The largest absolute Gasteiger partial charge is 0.488 e. The Morgan fingerprint density at radius 3 is 2.12 bits per heavy atom. The molecule has 2 aromatic rings. The average molecular weight is 524 g/mol. The Balaban J connectivity index is 2.15. The molecule has 0 spiro atoms. The van der Waals surface area contributed by atoms with Crippen molar-refractivity contribution in [3.05, 3.63) is 57.6 Å². The lowest BCUT2D eigenvalue weighted by atomic mass is 9.78. The van der Waals surface area contributed by atoms with E-state index in [9.17, 15) is 18.3 Å². The Hall–Kier alpha value is -1.51. The molecule has 32 heavy (non-hydrogen) atoms. The van der Waals surface area contributed by atoms with E-state index in [1.807, 2.05) is 26.0 Å². The molecule has 0 saturated carbocycles. The van der Waals surface area contributed by atoms with Crippen LogP contribution in [0.25, 0.3) is 0 Å². The number of ether oxygens (including phenoxy) is 2. The van der Waals surface area contributed by atoms with Crippen molar-refractivity contribution in [2.75, 3.05) is 31.1 Å². The van der Waals surface area contributed by atoms with Crippen molar-refractivity contribution >= 4 is 50.4 Å². The van der Waals surface area contributed by atoms with Gasteiger partial charge in [0.25, 0.3) is 0 Å². The third-order valence-electron chi connectivity index (χ3n) is 4.72. The fraction of sp³-hybridized carbons (Fsp3) is 0.409. The van der Waals surface area contributed by atoms with E-state index in [2.05, 4.69) is 0 Å². The molecule has 0 aliphatic heterocycles. The van der Waals surface area contributed by atoms with Crippen molar-refractivity contribution in [2.24, 2.45) is 0 Å². The molecule has 0 unspecified atom stereocenters. The van der Waals surface area contributed by atoms with Gasteiger partial charge in [0.05, 0.1) is 15.9 Å². The van der Waals surface area contributed by atoms with E-state index in [0.717, 1.165) is 17.4 Å². The number of benzene rings is 2. The van der Waals surface area contributed by atoms with Gasteiger partial charge in [-0.25, -0.2) is 8.42 Å². The van der Waals surface area contributed by atoms with Crippen LogP contribution in [0, 0.1) is 0 Å². The molecule has 0 bridgehead atoms. The highest BCUT2D eigenvalue weighted by Crippen LogP contribution is 2.40. The number of aliphatic hydroxyl groups is 1. The SMILES string of the molecule is CC(C)(c1ccc(OCC(=O)CS(C)(=O)=O)cc1)c1cc(Cl)c(OC[C@@H](O)CCl)c(Cl)c1. The number of hydrogen-bond acceptors (Lipinski definition) is 6. The number of sulfone groups is 1. The van der Waals surface area contributed by atoms with Gasteiger partial charge in [0.1, 0.15) is 30.8 Å². The molecule has 0 fully saturated rings. The average Bonchev–Trinajstić information content (AvgIpc) is 2.70. The zero-order valence-electron chi connectivity index (χ0n) is 17.9. The predicted molar refractivity (Wildman–Crippen MR) is 127 cm³/mol. The third kappa shape index (κ3) is 7.52. The van der Waals surface area contributed by atoms with Gasteiger partial charge in [-0.3, -0.25) is 4.79 Å². The molecule has 0 aromatic heterocycles. The highest BCUT2D eigenvalue weighted by Gasteiger charge is 2.26. The molecule has 0 radical (unpaired) electrons. The number of alkyl halides is 1. The Morgan fingerprint density at radius 1 is 1.06 bits per heavy atom.